The third-order valence-electron chi connectivity index (χ3n) is 5.37. The number of rotatable bonds is 5. The molecule has 148 valence electrons. The summed E-state index contributed by atoms with van der Waals surface area (Å²) in [5.74, 6) is 0.426. The van der Waals surface area contributed by atoms with E-state index in [0.29, 0.717) is 10.9 Å². The molecule has 1 N–H and O–H groups in total. The molecule has 1 fully saturated rings. The largest absolute Gasteiger partial charge is 0.354 e. The first-order valence-corrected chi connectivity index (χ1v) is 9.78. The number of halogens is 1. The van der Waals surface area contributed by atoms with Crippen LogP contribution < -0.4 is 10.5 Å². The second-order valence-corrected chi connectivity index (χ2v) is 7.28. The van der Waals surface area contributed by atoms with Crippen molar-refractivity contribution in [2.75, 3.05) is 37.6 Å². The van der Waals surface area contributed by atoms with Gasteiger partial charge in [-0.15, -0.1) is 0 Å². The van der Waals surface area contributed by atoms with Crippen molar-refractivity contribution in [3.63, 3.8) is 0 Å². The Kier molecular flexibility index (Phi) is 5.54. The molecule has 1 aliphatic rings. The zero-order chi connectivity index (χ0) is 20.2. The summed E-state index contributed by atoms with van der Waals surface area (Å²) < 4.78 is 13.8. The number of pyridine rings is 2. The molecule has 0 atom stereocenters. The van der Waals surface area contributed by atoms with Crippen molar-refractivity contribution in [2.24, 2.45) is 0 Å². The molecule has 0 saturated carbocycles. The van der Waals surface area contributed by atoms with Crippen LogP contribution >= 0.6 is 0 Å². The lowest BCUT2D eigenvalue weighted by Gasteiger charge is -2.35. The van der Waals surface area contributed by atoms with Crippen LogP contribution in [0.3, 0.4) is 0 Å². The van der Waals surface area contributed by atoms with Gasteiger partial charge in [-0.3, -0.25) is 9.69 Å². The molecule has 3 heterocycles. The molecule has 0 bridgehead atoms. The van der Waals surface area contributed by atoms with Gasteiger partial charge in [0.1, 0.15) is 17.7 Å². The summed E-state index contributed by atoms with van der Waals surface area (Å²) in [6.45, 7) is 4.62. The minimum absolute atomic E-state index is 0.129. The highest BCUT2D eigenvalue weighted by Gasteiger charge is 2.17. The molecule has 4 rings (SSSR count). The van der Waals surface area contributed by atoms with Crippen molar-refractivity contribution in [3.8, 4) is 6.07 Å². The third kappa shape index (κ3) is 4.28. The van der Waals surface area contributed by atoms with Gasteiger partial charge in [0.15, 0.2) is 0 Å². The zero-order valence-corrected chi connectivity index (χ0v) is 16.1. The smallest absolute Gasteiger partial charge is 0.258 e. The molecule has 2 aromatic heterocycles. The molecule has 7 heteroatoms. The molecule has 3 aromatic rings. The minimum atomic E-state index is -0.482. The van der Waals surface area contributed by atoms with Crippen LogP contribution in [-0.2, 0) is 6.42 Å². The van der Waals surface area contributed by atoms with E-state index in [9.17, 15) is 9.18 Å². The van der Waals surface area contributed by atoms with E-state index in [0.717, 1.165) is 57.1 Å². The molecule has 0 radical (unpaired) electrons. The number of H-pyrrole nitrogens is 1. The lowest BCUT2D eigenvalue weighted by Crippen LogP contribution is -2.47. The van der Waals surface area contributed by atoms with Gasteiger partial charge in [-0.2, -0.15) is 5.26 Å². The molecule has 1 saturated heterocycles. The van der Waals surface area contributed by atoms with Gasteiger partial charge < -0.3 is 9.88 Å². The van der Waals surface area contributed by atoms with Crippen molar-refractivity contribution in [1.82, 2.24) is 14.9 Å². The normalized spacial score (nSPS) is 14.8. The molecule has 0 spiro atoms. The van der Waals surface area contributed by atoms with E-state index in [-0.39, 0.29) is 10.9 Å². The number of hydrogen-bond acceptors (Lipinski definition) is 5. The van der Waals surface area contributed by atoms with Gasteiger partial charge in [-0.25, -0.2) is 9.37 Å². The number of aromatic nitrogens is 2. The Bertz CT molecular complexity index is 1090. The Morgan fingerprint density at radius 3 is 2.72 bits per heavy atom. The Hall–Kier alpha value is -3.24. The standard InChI is InChI=1S/C22H22FN5O/c23-19-5-1-3-17-13-18(26-22(29)21(17)19)4-2-8-27-9-11-28(12-10-27)20-7-6-16(14-24)15-25-20/h1,3,5-7,13,15H,2,4,8-12H2,(H,26,29). The number of nitriles is 1. The van der Waals surface area contributed by atoms with E-state index in [1.165, 1.54) is 6.07 Å². The number of aromatic amines is 1. The SMILES string of the molecule is N#Cc1ccc(N2CCN(CCCc3cc4cccc(F)c4c(=O)[nH]3)CC2)nc1. The van der Waals surface area contributed by atoms with E-state index in [2.05, 4.69) is 25.8 Å². The van der Waals surface area contributed by atoms with Gasteiger partial charge in [0.25, 0.3) is 5.56 Å². The molecule has 1 aliphatic heterocycles. The molecule has 6 nitrogen and oxygen atoms in total. The Morgan fingerprint density at radius 1 is 1.17 bits per heavy atom. The van der Waals surface area contributed by atoms with Crippen molar-refractivity contribution in [2.45, 2.75) is 12.8 Å². The Morgan fingerprint density at radius 2 is 2.00 bits per heavy atom. The fourth-order valence-corrected chi connectivity index (χ4v) is 3.80. The van der Waals surface area contributed by atoms with Gasteiger partial charge >= 0.3 is 0 Å². The van der Waals surface area contributed by atoms with Crippen LogP contribution in [0.1, 0.15) is 17.7 Å². The van der Waals surface area contributed by atoms with Crippen LogP contribution in [0.15, 0.2) is 47.4 Å². The second kappa shape index (κ2) is 8.41. The first-order valence-electron chi connectivity index (χ1n) is 9.78. The summed E-state index contributed by atoms with van der Waals surface area (Å²) >= 11 is 0. The van der Waals surface area contributed by atoms with E-state index in [4.69, 9.17) is 5.26 Å². The molecule has 29 heavy (non-hydrogen) atoms. The quantitative estimate of drug-likeness (QED) is 0.724. The molecule has 0 unspecified atom stereocenters. The van der Waals surface area contributed by atoms with Crippen LogP contribution in [0.2, 0.25) is 0 Å². The van der Waals surface area contributed by atoms with Crippen molar-refractivity contribution in [3.05, 3.63) is 70.0 Å². The average molecular weight is 391 g/mol. The lowest BCUT2D eigenvalue weighted by atomic mass is 10.1. The van der Waals surface area contributed by atoms with Crippen molar-refractivity contribution in [1.29, 1.82) is 5.26 Å². The molecule has 1 aromatic carbocycles. The fourth-order valence-electron chi connectivity index (χ4n) is 3.80. The first-order chi connectivity index (χ1) is 14.1. The third-order valence-corrected chi connectivity index (χ3v) is 5.37. The average Bonchev–Trinajstić information content (AvgIpc) is 2.74. The van der Waals surface area contributed by atoms with Crippen LogP contribution in [-0.4, -0.2) is 47.6 Å². The summed E-state index contributed by atoms with van der Waals surface area (Å²) in [5, 5.41) is 9.65. The van der Waals surface area contributed by atoms with E-state index in [1.807, 2.05) is 12.1 Å². The highest BCUT2D eigenvalue weighted by atomic mass is 19.1. The Balaban J connectivity index is 1.29. The monoisotopic (exact) mass is 391 g/mol. The van der Waals surface area contributed by atoms with Crippen molar-refractivity contribution < 1.29 is 4.39 Å². The fraction of sp³-hybridized carbons (Fsp3) is 0.318. The van der Waals surface area contributed by atoms with Crippen LogP contribution in [0.25, 0.3) is 10.8 Å². The molecular weight excluding hydrogens is 369 g/mol. The van der Waals surface area contributed by atoms with Gasteiger partial charge in [-0.05, 0) is 49.0 Å². The van der Waals surface area contributed by atoms with Gasteiger partial charge in [0, 0.05) is 38.1 Å². The number of fused-ring (bicyclic) bond motifs is 1. The predicted molar refractivity (Wildman–Crippen MR) is 110 cm³/mol. The highest BCUT2D eigenvalue weighted by molar-refractivity contribution is 5.82. The van der Waals surface area contributed by atoms with Gasteiger partial charge in [0.2, 0.25) is 0 Å². The number of nitrogens with one attached hydrogen (secondary N) is 1. The molecular formula is C22H22FN5O. The summed E-state index contributed by atoms with van der Waals surface area (Å²) in [4.78, 5) is 24.0. The van der Waals surface area contributed by atoms with Gasteiger partial charge in [0.05, 0.1) is 10.9 Å². The number of anilines is 1. The van der Waals surface area contributed by atoms with E-state index in [1.54, 1.807) is 24.4 Å². The minimum Gasteiger partial charge on any atom is -0.354 e. The summed E-state index contributed by atoms with van der Waals surface area (Å²) in [7, 11) is 0. The Labute approximate surface area is 168 Å². The maximum absolute atomic E-state index is 13.8. The van der Waals surface area contributed by atoms with E-state index < -0.39 is 5.82 Å². The number of benzene rings is 1. The number of aryl methyl sites for hydroxylation is 1. The lowest BCUT2D eigenvalue weighted by molar-refractivity contribution is 0.254. The summed E-state index contributed by atoms with van der Waals surface area (Å²) in [6.07, 6.45) is 3.28. The van der Waals surface area contributed by atoms with E-state index >= 15 is 0 Å². The number of nitrogens with zero attached hydrogens (tertiary/aromatic N) is 4. The molecule has 0 amide bonds. The maximum Gasteiger partial charge on any atom is 0.258 e. The van der Waals surface area contributed by atoms with Gasteiger partial charge in [-0.1, -0.05) is 12.1 Å². The van der Waals surface area contributed by atoms with Crippen LogP contribution in [0, 0.1) is 17.1 Å². The summed E-state index contributed by atoms with van der Waals surface area (Å²) in [6, 6.07) is 12.4. The first kappa shape index (κ1) is 19.1. The molecule has 0 aliphatic carbocycles. The summed E-state index contributed by atoms with van der Waals surface area (Å²) in [5.41, 5.74) is 1.05. The second-order valence-electron chi connectivity index (χ2n) is 7.28. The zero-order valence-electron chi connectivity index (χ0n) is 16.1. The highest BCUT2D eigenvalue weighted by Crippen LogP contribution is 2.16. The maximum atomic E-state index is 13.8. The van der Waals surface area contributed by atoms with Crippen LogP contribution in [0.4, 0.5) is 10.2 Å². The number of piperazine rings is 1. The topological polar surface area (TPSA) is 76.0 Å². The number of hydrogen-bond donors (Lipinski definition) is 1. The van der Waals surface area contributed by atoms with Crippen LogP contribution in [0.5, 0.6) is 0 Å². The predicted octanol–water partition coefficient (Wildman–Crippen LogP) is 2.69. The van der Waals surface area contributed by atoms with Crippen molar-refractivity contribution >= 4 is 16.6 Å².